The second-order valence-electron chi connectivity index (χ2n) is 5.46. The molecule has 3 rings (SSSR count). The number of anilines is 1. The van der Waals surface area contributed by atoms with Gasteiger partial charge in [-0.1, -0.05) is 36.4 Å². The Labute approximate surface area is 146 Å². The molecule has 0 fully saturated rings. The molecule has 0 saturated carbocycles. The number of ether oxygens (including phenoxy) is 2. The maximum Gasteiger partial charge on any atom is 0.248 e. The van der Waals surface area contributed by atoms with E-state index in [1.807, 2.05) is 54.6 Å². The van der Waals surface area contributed by atoms with Crippen LogP contribution in [-0.2, 0) is 4.79 Å². The van der Waals surface area contributed by atoms with Crippen molar-refractivity contribution in [1.29, 1.82) is 0 Å². The van der Waals surface area contributed by atoms with Crippen LogP contribution in [0.4, 0.5) is 5.69 Å². The number of carbonyl (C=O) groups is 1. The van der Waals surface area contributed by atoms with Gasteiger partial charge in [-0.2, -0.15) is 0 Å². The summed E-state index contributed by atoms with van der Waals surface area (Å²) < 4.78 is 10.5. The molecule has 4 heteroatoms. The van der Waals surface area contributed by atoms with Gasteiger partial charge in [0.2, 0.25) is 5.91 Å². The molecule has 0 aliphatic rings. The molecule has 0 spiro atoms. The molecule has 0 aromatic heterocycles. The van der Waals surface area contributed by atoms with Crippen LogP contribution in [0.25, 0.3) is 16.8 Å². The van der Waals surface area contributed by atoms with E-state index in [9.17, 15) is 4.79 Å². The van der Waals surface area contributed by atoms with Gasteiger partial charge in [-0.3, -0.25) is 4.79 Å². The Hall–Kier alpha value is -3.27. The van der Waals surface area contributed by atoms with E-state index in [-0.39, 0.29) is 5.91 Å². The molecule has 1 amide bonds. The first kappa shape index (κ1) is 16.6. The molecule has 126 valence electrons. The van der Waals surface area contributed by atoms with Crippen LogP contribution in [0.5, 0.6) is 11.5 Å². The van der Waals surface area contributed by atoms with Crippen molar-refractivity contribution in [2.24, 2.45) is 0 Å². The minimum absolute atomic E-state index is 0.200. The lowest BCUT2D eigenvalue weighted by Crippen LogP contribution is -2.08. The van der Waals surface area contributed by atoms with E-state index in [0.29, 0.717) is 11.5 Å². The van der Waals surface area contributed by atoms with E-state index in [0.717, 1.165) is 22.0 Å². The SMILES string of the molecule is COc1ccc(C=CC(=O)Nc2cccc3ccccc23)c(OC)c1. The highest BCUT2D eigenvalue weighted by molar-refractivity contribution is 6.07. The molecule has 0 bridgehead atoms. The van der Waals surface area contributed by atoms with Crippen molar-refractivity contribution in [3.63, 3.8) is 0 Å². The van der Waals surface area contributed by atoms with Gasteiger partial charge < -0.3 is 14.8 Å². The summed E-state index contributed by atoms with van der Waals surface area (Å²) in [7, 11) is 3.18. The van der Waals surface area contributed by atoms with Gasteiger partial charge >= 0.3 is 0 Å². The van der Waals surface area contributed by atoms with Crippen molar-refractivity contribution < 1.29 is 14.3 Å². The van der Waals surface area contributed by atoms with E-state index in [1.165, 1.54) is 6.08 Å². The minimum Gasteiger partial charge on any atom is -0.497 e. The van der Waals surface area contributed by atoms with Gasteiger partial charge in [-0.25, -0.2) is 0 Å². The topological polar surface area (TPSA) is 47.6 Å². The molecule has 3 aromatic carbocycles. The van der Waals surface area contributed by atoms with Crippen molar-refractivity contribution in [2.75, 3.05) is 19.5 Å². The Morgan fingerprint density at radius 1 is 0.960 bits per heavy atom. The number of carbonyl (C=O) groups excluding carboxylic acids is 1. The maximum absolute atomic E-state index is 12.3. The number of methoxy groups -OCH3 is 2. The predicted octanol–water partition coefficient (Wildman–Crippen LogP) is 4.51. The normalized spacial score (nSPS) is 10.8. The van der Waals surface area contributed by atoms with Gasteiger partial charge in [0.05, 0.1) is 14.2 Å². The fourth-order valence-electron chi connectivity index (χ4n) is 2.63. The lowest BCUT2D eigenvalue weighted by atomic mass is 10.1. The van der Waals surface area contributed by atoms with Crippen LogP contribution in [0.1, 0.15) is 5.56 Å². The molecule has 25 heavy (non-hydrogen) atoms. The first-order valence-corrected chi connectivity index (χ1v) is 7.90. The quantitative estimate of drug-likeness (QED) is 0.699. The summed E-state index contributed by atoms with van der Waals surface area (Å²) in [6, 6.07) is 19.2. The Kier molecular flexibility index (Phi) is 5.00. The molecular formula is C21H19NO3. The molecule has 1 N–H and O–H groups in total. The Morgan fingerprint density at radius 3 is 2.56 bits per heavy atom. The third-order valence-electron chi connectivity index (χ3n) is 3.90. The van der Waals surface area contributed by atoms with Gasteiger partial charge in [0, 0.05) is 28.8 Å². The third-order valence-corrected chi connectivity index (χ3v) is 3.90. The Balaban J connectivity index is 1.79. The van der Waals surface area contributed by atoms with Crippen LogP contribution < -0.4 is 14.8 Å². The molecular weight excluding hydrogens is 314 g/mol. The third kappa shape index (κ3) is 3.80. The number of amides is 1. The number of benzene rings is 3. The zero-order valence-electron chi connectivity index (χ0n) is 14.2. The highest BCUT2D eigenvalue weighted by Crippen LogP contribution is 2.26. The number of rotatable bonds is 5. The highest BCUT2D eigenvalue weighted by Gasteiger charge is 2.05. The lowest BCUT2D eigenvalue weighted by Gasteiger charge is -2.08. The fraction of sp³-hybridized carbons (Fsp3) is 0.0952. The largest absolute Gasteiger partial charge is 0.497 e. The van der Waals surface area contributed by atoms with Gasteiger partial charge in [0.25, 0.3) is 0 Å². The van der Waals surface area contributed by atoms with Gasteiger partial charge in [-0.05, 0) is 29.7 Å². The van der Waals surface area contributed by atoms with Crippen molar-refractivity contribution in [3.8, 4) is 11.5 Å². The van der Waals surface area contributed by atoms with E-state index in [1.54, 1.807) is 26.4 Å². The van der Waals surface area contributed by atoms with Crippen LogP contribution in [-0.4, -0.2) is 20.1 Å². The van der Waals surface area contributed by atoms with E-state index in [2.05, 4.69) is 5.32 Å². The van der Waals surface area contributed by atoms with Crippen molar-refractivity contribution >= 4 is 28.4 Å². The summed E-state index contributed by atoms with van der Waals surface area (Å²) in [5.74, 6) is 1.15. The van der Waals surface area contributed by atoms with Crippen LogP contribution in [0, 0.1) is 0 Å². The molecule has 4 nitrogen and oxygen atoms in total. The van der Waals surface area contributed by atoms with Gasteiger partial charge in [0.1, 0.15) is 11.5 Å². The number of hydrogen-bond acceptors (Lipinski definition) is 3. The summed E-state index contributed by atoms with van der Waals surface area (Å²) in [5, 5.41) is 5.02. The average Bonchev–Trinajstić information content (AvgIpc) is 2.66. The van der Waals surface area contributed by atoms with E-state index >= 15 is 0 Å². The molecule has 0 heterocycles. The Bertz CT molecular complexity index is 926. The fourth-order valence-corrected chi connectivity index (χ4v) is 2.63. The van der Waals surface area contributed by atoms with Crippen molar-refractivity contribution in [1.82, 2.24) is 0 Å². The number of hydrogen-bond donors (Lipinski definition) is 1. The summed E-state index contributed by atoms with van der Waals surface area (Å²) in [6.45, 7) is 0. The van der Waals surface area contributed by atoms with Crippen LogP contribution in [0.15, 0.2) is 66.7 Å². The van der Waals surface area contributed by atoms with Crippen molar-refractivity contribution in [3.05, 3.63) is 72.3 Å². The zero-order valence-corrected chi connectivity index (χ0v) is 14.2. The van der Waals surface area contributed by atoms with Gasteiger partial charge in [-0.15, -0.1) is 0 Å². The molecule has 0 atom stereocenters. The monoisotopic (exact) mass is 333 g/mol. The second kappa shape index (κ2) is 7.53. The second-order valence-corrected chi connectivity index (χ2v) is 5.46. The van der Waals surface area contributed by atoms with Crippen LogP contribution in [0.2, 0.25) is 0 Å². The summed E-state index contributed by atoms with van der Waals surface area (Å²) in [6.07, 6.45) is 3.21. The number of fused-ring (bicyclic) bond motifs is 1. The summed E-state index contributed by atoms with van der Waals surface area (Å²) in [4.78, 5) is 12.3. The molecule has 0 aliphatic carbocycles. The first-order chi connectivity index (χ1) is 12.2. The minimum atomic E-state index is -0.200. The zero-order chi connectivity index (χ0) is 17.6. The summed E-state index contributed by atoms with van der Waals surface area (Å²) in [5.41, 5.74) is 1.59. The van der Waals surface area contributed by atoms with E-state index in [4.69, 9.17) is 9.47 Å². The smallest absolute Gasteiger partial charge is 0.248 e. The average molecular weight is 333 g/mol. The summed E-state index contributed by atoms with van der Waals surface area (Å²) >= 11 is 0. The lowest BCUT2D eigenvalue weighted by molar-refractivity contribution is -0.111. The molecule has 0 aliphatic heterocycles. The molecule has 0 saturated heterocycles. The first-order valence-electron chi connectivity index (χ1n) is 7.90. The standard InChI is InChI=1S/C21H19NO3/c1-24-17-12-10-16(20(14-17)25-2)11-13-21(23)22-19-9-5-7-15-6-3-4-8-18(15)19/h3-14H,1-2H3,(H,22,23). The van der Waals surface area contributed by atoms with Gasteiger partial charge in [0.15, 0.2) is 0 Å². The van der Waals surface area contributed by atoms with E-state index < -0.39 is 0 Å². The Morgan fingerprint density at radius 2 is 1.76 bits per heavy atom. The van der Waals surface area contributed by atoms with Crippen molar-refractivity contribution in [2.45, 2.75) is 0 Å². The molecule has 0 unspecified atom stereocenters. The maximum atomic E-state index is 12.3. The molecule has 0 radical (unpaired) electrons. The molecule has 3 aromatic rings. The van der Waals surface area contributed by atoms with Crippen LogP contribution >= 0.6 is 0 Å². The van der Waals surface area contributed by atoms with Crippen LogP contribution in [0.3, 0.4) is 0 Å². The predicted molar refractivity (Wildman–Crippen MR) is 101 cm³/mol. The number of nitrogens with one attached hydrogen (secondary N) is 1. The highest BCUT2D eigenvalue weighted by atomic mass is 16.5.